The SMILES string of the molecule is CC(C)(C)OC(=O)N1C(=O)CC2CCCC21.CCC. The zero-order chi connectivity index (χ0) is 14.6. The number of imide groups is 1. The topological polar surface area (TPSA) is 46.6 Å². The maximum Gasteiger partial charge on any atom is 0.417 e. The van der Waals surface area contributed by atoms with Crippen molar-refractivity contribution in [3.05, 3.63) is 0 Å². The van der Waals surface area contributed by atoms with Crippen LogP contribution in [-0.2, 0) is 9.53 Å². The standard InChI is InChI=1S/C12H19NO3.C3H8/c1-12(2,3)16-11(15)13-9-6-4-5-8(9)7-10(13)14;1-3-2/h8-9H,4-7H2,1-3H3;3H2,1-2H3. The van der Waals surface area contributed by atoms with Gasteiger partial charge in [-0.3, -0.25) is 4.79 Å². The minimum atomic E-state index is -0.534. The van der Waals surface area contributed by atoms with Crippen LogP contribution < -0.4 is 0 Å². The van der Waals surface area contributed by atoms with Crippen LogP contribution >= 0.6 is 0 Å². The molecule has 2 aliphatic rings. The Kier molecular flexibility index (Phi) is 5.39. The Morgan fingerprint density at radius 2 is 1.89 bits per heavy atom. The highest BCUT2D eigenvalue weighted by Crippen LogP contribution is 2.39. The van der Waals surface area contributed by atoms with Gasteiger partial charge in [-0.15, -0.1) is 0 Å². The molecule has 1 saturated carbocycles. The van der Waals surface area contributed by atoms with Crippen LogP contribution in [0.1, 0.15) is 66.7 Å². The van der Waals surface area contributed by atoms with Gasteiger partial charge in [-0.2, -0.15) is 0 Å². The molecule has 4 heteroatoms. The van der Waals surface area contributed by atoms with Crippen LogP contribution in [0.4, 0.5) is 4.79 Å². The average molecular weight is 269 g/mol. The molecule has 2 rings (SSSR count). The Balaban J connectivity index is 0.000000550. The van der Waals surface area contributed by atoms with E-state index >= 15 is 0 Å². The maximum atomic E-state index is 11.9. The summed E-state index contributed by atoms with van der Waals surface area (Å²) < 4.78 is 5.27. The lowest BCUT2D eigenvalue weighted by molar-refractivity contribution is -0.128. The number of carbonyl (C=O) groups is 2. The number of hydrogen-bond donors (Lipinski definition) is 0. The van der Waals surface area contributed by atoms with Crippen LogP contribution in [0.3, 0.4) is 0 Å². The third-order valence-corrected chi connectivity index (χ3v) is 3.25. The second-order valence-corrected chi connectivity index (χ2v) is 6.41. The van der Waals surface area contributed by atoms with E-state index in [0.29, 0.717) is 12.3 Å². The zero-order valence-corrected chi connectivity index (χ0v) is 12.9. The van der Waals surface area contributed by atoms with E-state index in [4.69, 9.17) is 4.74 Å². The van der Waals surface area contributed by atoms with Gasteiger partial charge in [-0.05, 0) is 39.5 Å². The monoisotopic (exact) mass is 269 g/mol. The maximum absolute atomic E-state index is 11.9. The summed E-state index contributed by atoms with van der Waals surface area (Å²) in [6, 6.07) is 0.0994. The van der Waals surface area contributed by atoms with Gasteiger partial charge in [0.2, 0.25) is 5.91 Å². The lowest BCUT2D eigenvalue weighted by Gasteiger charge is -2.26. The Hall–Kier alpha value is -1.06. The van der Waals surface area contributed by atoms with E-state index in [2.05, 4.69) is 13.8 Å². The Bertz CT molecular complexity index is 333. The molecule has 0 aromatic heterocycles. The van der Waals surface area contributed by atoms with Crippen molar-refractivity contribution in [2.45, 2.75) is 78.4 Å². The summed E-state index contributed by atoms with van der Waals surface area (Å²) in [5, 5.41) is 0. The smallest absolute Gasteiger partial charge is 0.417 e. The third-order valence-electron chi connectivity index (χ3n) is 3.25. The number of hydrogen-bond acceptors (Lipinski definition) is 3. The van der Waals surface area contributed by atoms with Crippen LogP contribution in [0, 0.1) is 5.92 Å². The van der Waals surface area contributed by atoms with Crippen molar-refractivity contribution in [3.63, 3.8) is 0 Å². The fraction of sp³-hybridized carbons (Fsp3) is 0.867. The molecule has 2 amide bonds. The molecule has 0 aromatic carbocycles. The Morgan fingerprint density at radius 3 is 2.42 bits per heavy atom. The quantitative estimate of drug-likeness (QED) is 0.673. The largest absolute Gasteiger partial charge is 0.443 e. The predicted octanol–water partition coefficient (Wildman–Crippen LogP) is 3.74. The summed E-state index contributed by atoms with van der Waals surface area (Å²) in [5.74, 6) is 0.309. The van der Waals surface area contributed by atoms with Crippen molar-refractivity contribution in [2.24, 2.45) is 5.92 Å². The van der Waals surface area contributed by atoms with Gasteiger partial charge in [0.15, 0.2) is 0 Å². The molecule has 2 unspecified atom stereocenters. The van der Waals surface area contributed by atoms with Crippen molar-refractivity contribution >= 4 is 12.0 Å². The van der Waals surface area contributed by atoms with E-state index in [-0.39, 0.29) is 11.9 Å². The van der Waals surface area contributed by atoms with E-state index in [1.807, 2.05) is 20.8 Å². The highest BCUT2D eigenvalue weighted by Gasteiger charge is 2.46. The lowest BCUT2D eigenvalue weighted by atomic mass is 10.0. The molecule has 0 aromatic rings. The predicted molar refractivity (Wildman–Crippen MR) is 74.8 cm³/mol. The van der Waals surface area contributed by atoms with Gasteiger partial charge in [0.25, 0.3) is 0 Å². The van der Waals surface area contributed by atoms with Crippen LogP contribution in [-0.4, -0.2) is 28.5 Å². The third kappa shape index (κ3) is 4.22. The average Bonchev–Trinajstić information content (AvgIpc) is 2.74. The van der Waals surface area contributed by atoms with Crippen LogP contribution in [0.2, 0.25) is 0 Å². The van der Waals surface area contributed by atoms with E-state index in [1.165, 1.54) is 11.3 Å². The van der Waals surface area contributed by atoms with Crippen LogP contribution in [0.5, 0.6) is 0 Å². The normalized spacial score (nSPS) is 25.7. The fourth-order valence-electron chi connectivity index (χ4n) is 2.65. The zero-order valence-electron chi connectivity index (χ0n) is 12.9. The number of amides is 2. The second-order valence-electron chi connectivity index (χ2n) is 6.41. The molecule has 4 nitrogen and oxygen atoms in total. The van der Waals surface area contributed by atoms with Crippen molar-refractivity contribution in [1.29, 1.82) is 0 Å². The number of carbonyl (C=O) groups excluding carboxylic acids is 2. The minimum absolute atomic E-state index is 0.0658. The van der Waals surface area contributed by atoms with E-state index in [9.17, 15) is 9.59 Å². The van der Waals surface area contributed by atoms with Crippen molar-refractivity contribution in [3.8, 4) is 0 Å². The van der Waals surface area contributed by atoms with Gasteiger partial charge in [0.05, 0.1) is 0 Å². The molecule has 1 aliphatic heterocycles. The molecule has 1 saturated heterocycles. The molecule has 19 heavy (non-hydrogen) atoms. The molecule has 0 N–H and O–H groups in total. The molecule has 0 spiro atoms. The second kappa shape index (κ2) is 6.40. The van der Waals surface area contributed by atoms with Gasteiger partial charge in [0, 0.05) is 12.5 Å². The summed E-state index contributed by atoms with van der Waals surface area (Å²) in [6.45, 7) is 9.70. The van der Waals surface area contributed by atoms with Crippen molar-refractivity contribution in [2.75, 3.05) is 0 Å². The molecule has 1 heterocycles. The summed E-state index contributed by atoms with van der Waals surface area (Å²) in [7, 11) is 0. The first kappa shape index (κ1) is 16.0. The van der Waals surface area contributed by atoms with Crippen LogP contribution in [0.25, 0.3) is 0 Å². The summed E-state index contributed by atoms with van der Waals surface area (Å²) in [5.41, 5.74) is -0.534. The number of ether oxygens (including phenoxy) is 1. The summed E-state index contributed by atoms with van der Waals surface area (Å²) in [4.78, 5) is 25.0. The molecular weight excluding hydrogens is 242 g/mol. The molecule has 0 radical (unpaired) electrons. The van der Waals surface area contributed by atoms with Crippen molar-refractivity contribution < 1.29 is 14.3 Å². The van der Waals surface area contributed by atoms with Gasteiger partial charge in [0.1, 0.15) is 5.60 Å². The summed E-state index contributed by atoms with van der Waals surface area (Å²) in [6.07, 6.45) is 4.42. The van der Waals surface area contributed by atoms with Crippen molar-refractivity contribution in [1.82, 2.24) is 4.90 Å². The molecule has 110 valence electrons. The number of likely N-dealkylation sites (tertiary alicyclic amines) is 1. The molecule has 0 bridgehead atoms. The molecule has 2 atom stereocenters. The van der Waals surface area contributed by atoms with E-state index < -0.39 is 11.7 Å². The Labute approximate surface area is 116 Å². The highest BCUT2D eigenvalue weighted by molar-refractivity contribution is 5.94. The first-order chi connectivity index (χ1) is 8.80. The Morgan fingerprint density at radius 1 is 1.32 bits per heavy atom. The first-order valence-corrected chi connectivity index (χ1v) is 7.35. The van der Waals surface area contributed by atoms with Gasteiger partial charge < -0.3 is 4.74 Å². The lowest BCUT2D eigenvalue weighted by Crippen LogP contribution is -2.42. The van der Waals surface area contributed by atoms with Gasteiger partial charge >= 0.3 is 6.09 Å². The highest BCUT2D eigenvalue weighted by atomic mass is 16.6. The fourth-order valence-corrected chi connectivity index (χ4v) is 2.65. The molecule has 1 aliphatic carbocycles. The number of nitrogens with zero attached hydrogens (tertiary/aromatic N) is 1. The van der Waals surface area contributed by atoms with E-state index in [1.54, 1.807) is 0 Å². The summed E-state index contributed by atoms with van der Waals surface area (Å²) >= 11 is 0. The van der Waals surface area contributed by atoms with Crippen LogP contribution in [0.15, 0.2) is 0 Å². The molecular formula is C15H27NO3. The van der Waals surface area contributed by atoms with Gasteiger partial charge in [-0.25, -0.2) is 9.69 Å². The number of fused-ring (bicyclic) bond motifs is 1. The minimum Gasteiger partial charge on any atom is -0.443 e. The van der Waals surface area contributed by atoms with E-state index in [0.717, 1.165) is 19.3 Å². The first-order valence-electron chi connectivity index (χ1n) is 7.35. The number of rotatable bonds is 0. The molecule has 2 fully saturated rings. The van der Waals surface area contributed by atoms with Gasteiger partial charge in [-0.1, -0.05) is 26.7 Å².